The average molecular weight is 467 g/mol. The van der Waals surface area contributed by atoms with E-state index in [9.17, 15) is 4.79 Å². The number of aromatic amines is 1. The second kappa shape index (κ2) is 8.67. The lowest BCUT2D eigenvalue weighted by Gasteiger charge is -2.37. The summed E-state index contributed by atoms with van der Waals surface area (Å²) in [6.07, 6.45) is 8.21. The van der Waals surface area contributed by atoms with Crippen molar-refractivity contribution in [2.24, 2.45) is 0 Å². The minimum Gasteiger partial charge on any atom is -0.494 e. The highest BCUT2D eigenvalue weighted by Gasteiger charge is 2.41. The number of amides is 1. The molecule has 33 heavy (non-hydrogen) atoms. The summed E-state index contributed by atoms with van der Waals surface area (Å²) < 4.78 is 7.78. The molecule has 0 saturated heterocycles. The molecular formula is C24H27ClN6O2. The number of carbonyl (C=O) groups excluding carboxylic acids is 1. The van der Waals surface area contributed by atoms with Crippen molar-refractivity contribution in [1.82, 2.24) is 30.3 Å². The molecule has 1 unspecified atom stereocenters. The first kappa shape index (κ1) is 21.7. The average Bonchev–Trinajstić information content (AvgIpc) is 3.28. The summed E-state index contributed by atoms with van der Waals surface area (Å²) >= 11 is 6.70. The predicted octanol–water partition coefficient (Wildman–Crippen LogP) is 4.51. The van der Waals surface area contributed by atoms with Crippen molar-refractivity contribution in [3.05, 3.63) is 58.9 Å². The molecule has 172 valence electrons. The predicted molar refractivity (Wildman–Crippen MR) is 126 cm³/mol. The van der Waals surface area contributed by atoms with Gasteiger partial charge in [-0.05, 0) is 55.5 Å². The molecule has 2 aromatic heterocycles. The largest absolute Gasteiger partial charge is 0.494 e. The van der Waals surface area contributed by atoms with E-state index in [2.05, 4.69) is 27.4 Å². The molecular weight excluding hydrogens is 440 g/mol. The van der Waals surface area contributed by atoms with E-state index < -0.39 is 5.54 Å². The van der Waals surface area contributed by atoms with Crippen molar-refractivity contribution < 1.29 is 9.53 Å². The maximum atomic E-state index is 13.4. The monoisotopic (exact) mass is 466 g/mol. The lowest BCUT2D eigenvalue weighted by molar-refractivity contribution is -0.117. The summed E-state index contributed by atoms with van der Waals surface area (Å²) in [6, 6.07) is 8.08. The van der Waals surface area contributed by atoms with Gasteiger partial charge in [-0.15, -0.1) is 0 Å². The minimum absolute atomic E-state index is 0.240. The van der Waals surface area contributed by atoms with Crippen molar-refractivity contribution in [3.8, 4) is 5.75 Å². The standard InChI is InChI=1S/C24H27ClN6O2/c1-3-4-11-33-16-7-8-18(19(25)12-16)24(2)13-17(20-9-10-31(30-20)15-5-6-15)21(23(32)28-24)22-26-14-27-29-22/h7-10,12,14-15H,3-6,11,13H2,1-2H3,(H,28,32)(H,26,27,29). The number of aromatic nitrogens is 5. The van der Waals surface area contributed by atoms with Crippen LogP contribution in [0.3, 0.4) is 0 Å². The van der Waals surface area contributed by atoms with E-state index in [1.807, 2.05) is 42.1 Å². The summed E-state index contributed by atoms with van der Waals surface area (Å²) in [4.78, 5) is 17.7. The Labute approximate surface area is 197 Å². The van der Waals surface area contributed by atoms with Gasteiger partial charge in [0.25, 0.3) is 5.91 Å². The summed E-state index contributed by atoms with van der Waals surface area (Å²) in [5, 5.41) is 15.3. The van der Waals surface area contributed by atoms with Crippen LogP contribution in [0.2, 0.25) is 5.02 Å². The molecule has 2 N–H and O–H groups in total. The van der Waals surface area contributed by atoms with Gasteiger partial charge in [0.15, 0.2) is 5.82 Å². The molecule has 1 saturated carbocycles. The van der Waals surface area contributed by atoms with Crippen molar-refractivity contribution in [2.45, 2.75) is 57.5 Å². The van der Waals surface area contributed by atoms with Crippen LogP contribution in [0.1, 0.15) is 69.1 Å². The smallest absolute Gasteiger partial charge is 0.256 e. The minimum atomic E-state index is -0.724. The first-order valence-corrected chi connectivity index (χ1v) is 11.8. The van der Waals surface area contributed by atoms with Gasteiger partial charge in [0, 0.05) is 17.6 Å². The number of nitrogens with one attached hydrogen (secondary N) is 2. The van der Waals surface area contributed by atoms with E-state index in [0.717, 1.165) is 48.3 Å². The van der Waals surface area contributed by atoms with Gasteiger partial charge >= 0.3 is 0 Å². The van der Waals surface area contributed by atoms with E-state index >= 15 is 0 Å². The SMILES string of the molecule is CCCCOc1ccc(C2(C)CC(c3ccn(C4CC4)n3)=C(c3ncn[nH]3)C(=O)N2)c(Cl)c1. The summed E-state index contributed by atoms with van der Waals surface area (Å²) in [5.74, 6) is 0.913. The van der Waals surface area contributed by atoms with Gasteiger partial charge < -0.3 is 10.1 Å². The molecule has 0 radical (unpaired) electrons. The molecule has 0 bridgehead atoms. The number of ether oxygens (including phenoxy) is 1. The van der Waals surface area contributed by atoms with Gasteiger partial charge in [0.05, 0.1) is 29.5 Å². The normalized spacial score (nSPS) is 20.8. The van der Waals surface area contributed by atoms with E-state index in [-0.39, 0.29) is 5.91 Å². The van der Waals surface area contributed by atoms with Gasteiger partial charge in [-0.2, -0.15) is 10.2 Å². The Balaban J connectivity index is 1.52. The number of H-pyrrole nitrogens is 1. The van der Waals surface area contributed by atoms with Gasteiger partial charge in [0.2, 0.25) is 0 Å². The Kier molecular flexibility index (Phi) is 5.70. The van der Waals surface area contributed by atoms with Gasteiger partial charge in [-0.25, -0.2) is 4.98 Å². The van der Waals surface area contributed by atoms with E-state index in [4.69, 9.17) is 21.4 Å². The molecule has 2 aliphatic rings. The highest BCUT2D eigenvalue weighted by molar-refractivity contribution is 6.32. The maximum Gasteiger partial charge on any atom is 0.256 e. The third-order valence-corrected chi connectivity index (χ3v) is 6.55. The highest BCUT2D eigenvalue weighted by Crippen LogP contribution is 2.43. The van der Waals surface area contributed by atoms with Crippen LogP contribution in [-0.4, -0.2) is 37.5 Å². The second-order valence-electron chi connectivity index (χ2n) is 8.91. The zero-order valence-corrected chi connectivity index (χ0v) is 19.5. The highest BCUT2D eigenvalue weighted by atomic mass is 35.5. The second-order valence-corrected chi connectivity index (χ2v) is 9.31. The Hall–Kier alpha value is -3.13. The van der Waals surface area contributed by atoms with E-state index in [0.29, 0.717) is 35.5 Å². The van der Waals surface area contributed by atoms with Crippen molar-refractivity contribution in [1.29, 1.82) is 0 Å². The topological polar surface area (TPSA) is 97.7 Å². The molecule has 1 atom stereocenters. The summed E-state index contributed by atoms with van der Waals surface area (Å²) in [7, 11) is 0. The van der Waals surface area contributed by atoms with Crippen LogP contribution in [0.5, 0.6) is 5.75 Å². The Bertz CT molecular complexity index is 1200. The van der Waals surface area contributed by atoms with Crippen molar-refractivity contribution >= 4 is 28.7 Å². The third-order valence-electron chi connectivity index (χ3n) is 6.24. The van der Waals surface area contributed by atoms with Gasteiger partial charge in [-0.1, -0.05) is 31.0 Å². The zero-order chi connectivity index (χ0) is 23.0. The Morgan fingerprint density at radius 2 is 2.15 bits per heavy atom. The van der Waals surface area contributed by atoms with Crippen LogP contribution >= 0.6 is 11.6 Å². The van der Waals surface area contributed by atoms with Crippen LogP contribution < -0.4 is 10.1 Å². The molecule has 3 heterocycles. The first-order valence-electron chi connectivity index (χ1n) is 11.4. The number of hydrogen-bond donors (Lipinski definition) is 2. The molecule has 1 aliphatic heterocycles. The lowest BCUT2D eigenvalue weighted by Crippen LogP contribution is -2.47. The maximum absolute atomic E-state index is 13.4. The molecule has 1 amide bonds. The molecule has 3 aromatic rings. The van der Waals surface area contributed by atoms with Crippen LogP contribution in [-0.2, 0) is 10.3 Å². The van der Waals surface area contributed by atoms with E-state index in [1.54, 1.807) is 0 Å². The molecule has 0 spiro atoms. The van der Waals surface area contributed by atoms with E-state index in [1.165, 1.54) is 6.33 Å². The Morgan fingerprint density at radius 1 is 1.30 bits per heavy atom. The number of hydrogen-bond acceptors (Lipinski definition) is 5. The molecule has 5 rings (SSSR count). The van der Waals surface area contributed by atoms with Gasteiger partial charge in [0.1, 0.15) is 12.1 Å². The first-order chi connectivity index (χ1) is 16.0. The fraction of sp³-hybridized carbons (Fsp3) is 0.417. The molecule has 8 nitrogen and oxygen atoms in total. The Morgan fingerprint density at radius 3 is 2.85 bits per heavy atom. The number of carbonyl (C=O) groups is 1. The number of rotatable bonds is 8. The number of halogens is 1. The molecule has 9 heteroatoms. The fourth-order valence-electron chi connectivity index (χ4n) is 4.30. The number of unbranched alkanes of at least 4 members (excludes halogenated alkanes) is 1. The lowest BCUT2D eigenvalue weighted by atomic mass is 9.79. The quantitative estimate of drug-likeness (QED) is 0.476. The van der Waals surface area contributed by atoms with Crippen LogP contribution in [0.15, 0.2) is 36.8 Å². The zero-order valence-electron chi connectivity index (χ0n) is 18.8. The molecule has 1 fully saturated rings. The summed E-state index contributed by atoms with van der Waals surface area (Å²) in [6.45, 7) is 4.76. The number of nitrogens with zero attached hydrogens (tertiary/aromatic N) is 4. The number of benzene rings is 1. The third kappa shape index (κ3) is 4.27. The fourth-order valence-corrected chi connectivity index (χ4v) is 4.68. The summed E-state index contributed by atoms with van der Waals surface area (Å²) in [5.41, 5.74) is 2.15. The van der Waals surface area contributed by atoms with Gasteiger partial charge in [-0.3, -0.25) is 14.6 Å². The molecule has 1 aliphatic carbocycles. The van der Waals surface area contributed by atoms with Crippen LogP contribution in [0, 0.1) is 0 Å². The van der Waals surface area contributed by atoms with Crippen molar-refractivity contribution in [2.75, 3.05) is 6.61 Å². The van der Waals surface area contributed by atoms with Crippen LogP contribution in [0.25, 0.3) is 11.1 Å². The molecule has 1 aromatic carbocycles. The van der Waals surface area contributed by atoms with Crippen LogP contribution in [0.4, 0.5) is 0 Å². The van der Waals surface area contributed by atoms with Crippen molar-refractivity contribution in [3.63, 3.8) is 0 Å².